The maximum Gasteiger partial charge on any atom is 0.412 e. The van der Waals surface area contributed by atoms with E-state index in [9.17, 15) is 9.59 Å². The summed E-state index contributed by atoms with van der Waals surface area (Å²) in [6.45, 7) is 0. The third-order valence-corrected chi connectivity index (χ3v) is 4.83. The number of nitriles is 1. The Labute approximate surface area is 174 Å². The van der Waals surface area contributed by atoms with Gasteiger partial charge in [-0.2, -0.15) is 5.26 Å². The van der Waals surface area contributed by atoms with Crippen LogP contribution in [-0.4, -0.2) is 29.9 Å². The fourth-order valence-corrected chi connectivity index (χ4v) is 3.22. The quantitative estimate of drug-likeness (QED) is 0.231. The molecule has 8 heteroatoms. The highest BCUT2D eigenvalue weighted by Gasteiger charge is 2.12. The van der Waals surface area contributed by atoms with E-state index in [1.807, 2.05) is 6.07 Å². The molecule has 3 N–H and O–H groups in total. The number of hydrogen-bond acceptors (Lipinski definition) is 7. The predicted octanol–water partition coefficient (Wildman–Crippen LogP) is 4.27. The Morgan fingerprint density at radius 3 is 2.62 bits per heavy atom. The maximum absolute atomic E-state index is 12.7. The van der Waals surface area contributed by atoms with Gasteiger partial charge >= 0.3 is 6.09 Å². The van der Waals surface area contributed by atoms with E-state index in [2.05, 4.69) is 21.1 Å². The van der Waals surface area contributed by atoms with Crippen molar-refractivity contribution >= 4 is 40.2 Å². The topological polar surface area (TPSA) is 118 Å². The summed E-state index contributed by atoms with van der Waals surface area (Å²) in [5.74, 6) is 0.515. The standard InChI is InChI=1S/C21H22N4O3S/c1-28-21(27)25-20(29-13-7-3-6-12-22)24-18-14-16(10-11-17(18)23)19(26)15-8-4-2-5-9-15/h2,4-5,8-11,14H,3,6-7,13,23H2,1H3,(H,24,25,27). The minimum atomic E-state index is -0.650. The van der Waals surface area contributed by atoms with E-state index in [1.165, 1.54) is 18.9 Å². The molecule has 0 radical (unpaired) electrons. The van der Waals surface area contributed by atoms with Crippen LogP contribution in [0.5, 0.6) is 0 Å². The fourth-order valence-electron chi connectivity index (χ4n) is 2.36. The zero-order chi connectivity index (χ0) is 21.1. The van der Waals surface area contributed by atoms with Crippen molar-refractivity contribution in [1.82, 2.24) is 5.32 Å². The van der Waals surface area contributed by atoms with E-state index in [-0.39, 0.29) is 5.78 Å². The zero-order valence-electron chi connectivity index (χ0n) is 16.1. The van der Waals surface area contributed by atoms with Crippen molar-refractivity contribution in [2.24, 2.45) is 4.99 Å². The minimum absolute atomic E-state index is 0.145. The van der Waals surface area contributed by atoms with Crippen molar-refractivity contribution in [2.45, 2.75) is 19.3 Å². The van der Waals surface area contributed by atoms with Crippen LogP contribution < -0.4 is 11.1 Å². The lowest BCUT2D eigenvalue weighted by atomic mass is 10.0. The minimum Gasteiger partial charge on any atom is -0.453 e. The Morgan fingerprint density at radius 2 is 1.93 bits per heavy atom. The number of nitrogens with zero attached hydrogens (tertiary/aromatic N) is 2. The number of carbonyl (C=O) groups is 2. The Hall–Kier alpha value is -3.31. The third-order valence-electron chi connectivity index (χ3n) is 3.87. The van der Waals surface area contributed by atoms with Gasteiger partial charge in [0, 0.05) is 23.3 Å². The number of amidine groups is 1. The van der Waals surface area contributed by atoms with Gasteiger partial charge in [0.2, 0.25) is 0 Å². The first-order valence-corrected chi connectivity index (χ1v) is 9.96. The molecule has 7 nitrogen and oxygen atoms in total. The van der Waals surface area contributed by atoms with Gasteiger partial charge in [-0.05, 0) is 31.0 Å². The summed E-state index contributed by atoms with van der Waals surface area (Å²) in [4.78, 5) is 28.7. The molecule has 0 aromatic heterocycles. The number of hydrogen-bond donors (Lipinski definition) is 2. The van der Waals surface area contributed by atoms with Gasteiger partial charge in [0.05, 0.1) is 24.6 Å². The lowest BCUT2D eigenvalue weighted by Gasteiger charge is -2.10. The molecule has 0 heterocycles. The van der Waals surface area contributed by atoms with E-state index in [1.54, 1.807) is 42.5 Å². The monoisotopic (exact) mass is 410 g/mol. The highest BCUT2D eigenvalue weighted by molar-refractivity contribution is 8.13. The van der Waals surface area contributed by atoms with Gasteiger partial charge < -0.3 is 10.5 Å². The van der Waals surface area contributed by atoms with Crippen LogP contribution in [0.3, 0.4) is 0 Å². The molecule has 0 bridgehead atoms. The van der Waals surface area contributed by atoms with Crippen LogP contribution in [-0.2, 0) is 4.74 Å². The van der Waals surface area contributed by atoms with Crippen molar-refractivity contribution in [3.05, 3.63) is 59.7 Å². The summed E-state index contributed by atoms with van der Waals surface area (Å²) < 4.78 is 4.64. The number of methoxy groups -OCH3 is 1. The number of ketones is 1. The van der Waals surface area contributed by atoms with Gasteiger partial charge in [-0.15, -0.1) is 0 Å². The molecule has 0 aliphatic heterocycles. The molecule has 0 fully saturated rings. The molecule has 0 unspecified atom stereocenters. The average molecular weight is 410 g/mol. The van der Waals surface area contributed by atoms with Gasteiger partial charge in [-0.1, -0.05) is 42.1 Å². The van der Waals surface area contributed by atoms with Crippen LogP contribution >= 0.6 is 11.8 Å². The molecule has 0 saturated carbocycles. The van der Waals surface area contributed by atoms with Gasteiger partial charge in [-0.25, -0.2) is 9.79 Å². The van der Waals surface area contributed by atoms with Crippen LogP contribution in [0.15, 0.2) is 53.5 Å². The molecular formula is C21H22N4O3S. The number of rotatable bonds is 7. The third kappa shape index (κ3) is 6.97. The number of nitrogens with one attached hydrogen (secondary N) is 1. The first kappa shape index (κ1) is 22.0. The summed E-state index contributed by atoms with van der Waals surface area (Å²) >= 11 is 1.32. The van der Waals surface area contributed by atoms with E-state index >= 15 is 0 Å². The molecular weight excluding hydrogens is 388 g/mol. The molecule has 2 aromatic rings. The number of unbranched alkanes of at least 4 members (excludes halogenated alkanes) is 2. The van der Waals surface area contributed by atoms with Crippen LogP contribution in [0.2, 0.25) is 0 Å². The Kier molecular flexibility index (Phi) is 8.73. The summed E-state index contributed by atoms with van der Waals surface area (Å²) in [5.41, 5.74) is 7.79. The number of nitrogens with two attached hydrogens (primary N) is 1. The van der Waals surface area contributed by atoms with E-state index in [4.69, 9.17) is 11.0 Å². The van der Waals surface area contributed by atoms with Gasteiger partial charge in [0.1, 0.15) is 0 Å². The second kappa shape index (κ2) is 11.5. The van der Waals surface area contributed by atoms with Crippen molar-refractivity contribution in [1.29, 1.82) is 5.26 Å². The molecule has 0 aliphatic carbocycles. The number of nitrogen functional groups attached to an aromatic ring is 1. The van der Waals surface area contributed by atoms with Crippen molar-refractivity contribution < 1.29 is 14.3 Å². The number of anilines is 1. The average Bonchev–Trinajstić information content (AvgIpc) is 2.75. The molecule has 0 saturated heterocycles. The number of thioether (sulfide) groups is 1. The highest BCUT2D eigenvalue weighted by Crippen LogP contribution is 2.26. The Balaban J connectivity index is 2.24. The smallest absolute Gasteiger partial charge is 0.412 e. The molecule has 29 heavy (non-hydrogen) atoms. The predicted molar refractivity (Wildman–Crippen MR) is 115 cm³/mol. The normalized spacial score (nSPS) is 10.8. The van der Waals surface area contributed by atoms with Crippen molar-refractivity contribution in [3.8, 4) is 6.07 Å². The lowest BCUT2D eigenvalue weighted by molar-refractivity contribution is 0.103. The zero-order valence-corrected chi connectivity index (χ0v) is 16.9. The highest BCUT2D eigenvalue weighted by atomic mass is 32.2. The maximum atomic E-state index is 12.7. The van der Waals surface area contributed by atoms with Crippen molar-refractivity contribution in [2.75, 3.05) is 18.6 Å². The van der Waals surface area contributed by atoms with Crippen molar-refractivity contribution in [3.63, 3.8) is 0 Å². The van der Waals surface area contributed by atoms with Gasteiger partial charge in [0.25, 0.3) is 0 Å². The molecule has 0 aliphatic rings. The van der Waals surface area contributed by atoms with Crippen LogP contribution in [0.1, 0.15) is 35.2 Å². The molecule has 2 rings (SSSR count). The van der Waals surface area contributed by atoms with Gasteiger partial charge in [-0.3, -0.25) is 10.1 Å². The number of benzene rings is 2. The number of alkyl carbamates (subject to hydrolysis) is 1. The molecule has 0 spiro atoms. The van der Waals surface area contributed by atoms with E-state index < -0.39 is 6.09 Å². The summed E-state index contributed by atoms with van der Waals surface area (Å²) in [5, 5.41) is 11.5. The largest absolute Gasteiger partial charge is 0.453 e. The van der Waals surface area contributed by atoms with E-state index in [0.29, 0.717) is 39.8 Å². The second-order valence-electron chi connectivity index (χ2n) is 5.97. The first-order valence-electron chi connectivity index (χ1n) is 8.98. The molecule has 1 amide bonds. The van der Waals surface area contributed by atoms with Gasteiger partial charge in [0.15, 0.2) is 11.0 Å². The lowest BCUT2D eigenvalue weighted by Crippen LogP contribution is -2.28. The summed E-state index contributed by atoms with van der Waals surface area (Å²) in [6, 6.07) is 15.9. The Bertz CT molecular complexity index is 923. The number of amides is 1. The molecule has 0 atom stereocenters. The molecule has 2 aromatic carbocycles. The van der Waals surface area contributed by atoms with E-state index in [0.717, 1.165) is 12.8 Å². The summed E-state index contributed by atoms with van der Waals surface area (Å²) in [6.07, 6.45) is 1.39. The van der Waals surface area contributed by atoms with Crippen LogP contribution in [0.4, 0.5) is 16.2 Å². The number of aliphatic imine (C=N–C) groups is 1. The number of ether oxygens (including phenoxy) is 1. The van der Waals surface area contributed by atoms with Crippen LogP contribution in [0.25, 0.3) is 0 Å². The summed E-state index contributed by atoms with van der Waals surface area (Å²) in [7, 11) is 1.26. The molecule has 150 valence electrons. The van der Waals surface area contributed by atoms with Crippen LogP contribution in [0, 0.1) is 11.3 Å². The fraction of sp³-hybridized carbons (Fsp3) is 0.238. The Morgan fingerprint density at radius 1 is 1.17 bits per heavy atom. The number of carbonyl (C=O) groups excluding carboxylic acids is 2. The second-order valence-corrected chi connectivity index (χ2v) is 7.05. The SMILES string of the molecule is COC(=O)NC(=Nc1cc(C(=O)c2ccccc2)ccc1N)SCCCCC#N. The first-order chi connectivity index (χ1) is 14.0.